The lowest BCUT2D eigenvalue weighted by Crippen LogP contribution is -2.45. The molecule has 1 N–H and O–H groups in total. The van der Waals surface area contributed by atoms with Gasteiger partial charge in [-0.3, -0.25) is 19.0 Å². The molecule has 0 unspecified atom stereocenters. The van der Waals surface area contributed by atoms with Crippen molar-refractivity contribution in [1.82, 2.24) is 19.8 Å². The van der Waals surface area contributed by atoms with Gasteiger partial charge in [-0.05, 0) is 13.3 Å². The van der Waals surface area contributed by atoms with Crippen molar-refractivity contribution in [2.24, 2.45) is 0 Å². The number of morpholine rings is 1. The van der Waals surface area contributed by atoms with Crippen molar-refractivity contribution in [3.05, 3.63) is 28.0 Å². The normalized spacial score (nSPS) is 14.4. The molecule has 2 amide bonds. The summed E-state index contributed by atoms with van der Waals surface area (Å²) in [4.78, 5) is 43.5. The molecule has 3 heterocycles. The van der Waals surface area contributed by atoms with Crippen LogP contribution in [0.15, 0.2) is 15.5 Å². The molecule has 1 aliphatic heterocycles. The number of fused-ring (bicyclic) bond motifs is 1. The van der Waals surface area contributed by atoms with E-state index in [-0.39, 0.29) is 40.4 Å². The molecule has 1 aliphatic rings. The molecule has 0 aromatic carbocycles. The molecule has 0 atom stereocenters. The molecule has 0 aliphatic carbocycles. The molecule has 1 saturated heterocycles. The minimum atomic E-state index is -0.536. The van der Waals surface area contributed by atoms with Crippen LogP contribution < -0.4 is 10.9 Å². The van der Waals surface area contributed by atoms with Gasteiger partial charge < -0.3 is 24.1 Å². The zero-order valence-electron chi connectivity index (χ0n) is 16.0. The molecule has 3 rings (SSSR count). The third-order valence-electron chi connectivity index (χ3n) is 4.59. The van der Waals surface area contributed by atoms with Crippen LogP contribution in [0.1, 0.15) is 22.5 Å². The van der Waals surface area contributed by atoms with Gasteiger partial charge in [-0.2, -0.15) is 0 Å². The van der Waals surface area contributed by atoms with Gasteiger partial charge in [0.2, 0.25) is 11.6 Å². The summed E-state index contributed by atoms with van der Waals surface area (Å²) in [5, 5.41) is 2.71. The molecule has 1 fully saturated rings. The summed E-state index contributed by atoms with van der Waals surface area (Å²) < 4.78 is 17.1. The van der Waals surface area contributed by atoms with E-state index in [0.717, 1.165) is 0 Å². The number of nitrogens with one attached hydrogen (secondary N) is 1. The Bertz CT molecular complexity index is 913. The average molecular weight is 392 g/mol. The van der Waals surface area contributed by atoms with Crippen molar-refractivity contribution >= 4 is 22.9 Å². The molecule has 2 aromatic rings. The van der Waals surface area contributed by atoms with Crippen molar-refractivity contribution in [2.75, 3.05) is 46.6 Å². The third-order valence-corrected chi connectivity index (χ3v) is 4.59. The van der Waals surface area contributed by atoms with Gasteiger partial charge in [0.25, 0.3) is 11.5 Å². The van der Waals surface area contributed by atoms with Gasteiger partial charge >= 0.3 is 0 Å². The van der Waals surface area contributed by atoms with E-state index < -0.39 is 5.91 Å². The molecule has 0 bridgehead atoms. The third kappa shape index (κ3) is 4.23. The first-order valence-corrected chi connectivity index (χ1v) is 9.14. The zero-order chi connectivity index (χ0) is 20.1. The van der Waals surface area contributed by atoms with Gasteiger partial charge in [0.1, 0.15) is 17.5 Å². The minimum absolute atomic E-state index is 0.107. The van der Waals surface area contributed by atoms with Crippen molar-refractivity contribution in [3.8, 4) is 0 Å². The maximum atomic E-state index is 12.8. The van der Waals surface area contributed by atoms with Crippen LogP contribution in [-0.4, -0.2) is 72.8 Å². The minimum Gasteiger partial charge on any atom is -0.442 e. The summed E-state index contributed by atoms with van der Waals surface area (Å²) in [5.41, 5.74) is -0.138. The predicted octanol–water partition coefficient (Wildman–Crippen LogP) is -0.0770. The maximum absolute atomic E-state index is 12.8. The standard InChI is InChI=1S/C18H24N4O6/c1-12-14(16(24)19-10-13(23)21-5-8-27-9-6-21)15-17(28-12)20-11-22(18(15)25)4-3-7-26-2/h11H,3-10H2,1-2H3,(H,19,24). The molecule has 10 nitrogen and oxygen atoms in total. The molecule has 0 saturated carbocycles. The number of amides is 2. The summed E-state index contributed by atoms with van der Waals surface area (Å²) in [7, 11) is 1.59. The Labute approximate surface area is 161 Å². The Morgan fingerprint density at radius 3 is 2.79 bits per heavy atom. The number of carbonyl (C=O) groups is 2. The van der Waals surface area contributed by atoms with Gasteiger partial charge in [-0.25, -0.2) is 4.98 Å². The quantitative estimate of drug-likeness (QED) is 0.655. The number of methoxy groups -OCH3 is 1. The first kappa shape index (κ1) is 20.0. The van der Waals surface area contributed by atoms with E-state index in [0.29, 0.717) is 45.9 Å². The highest BCUT2D eigenvalue weighted by Crippen LogP contribution is 2.20. The summed E-state index contributed by atoms with van der Waals surface area (Å²) in [5.74, 6) is -0.450. The Kier molecular flexibility index (Phi) is 6.42. The Morgan fingerprint density at radius 1 is 1.32 bits per heavy atom. The van der Waals surface area contributed by atoms with Crippen LogP contribution in [0.2, 0.25) is 0 Å². The summed E-state index contributed by atoms with van der Waals surface area (Å²) in [6, 6.07) is 0. The maximum Gasteiger partial charge on any atom is 0.265 e. The average Bonchev–Trinajstić information content (AvgIpc) is 3.05. The highest BCUT2D eigenvalue weighted by Gasteiger charge is 2.24. The Hall–Kier alpha value is -2.72. The second-order valence-corrected chi connectivity index (χ2v) is 6.48. The van der Waals surface area contributed by atoms with Crippen LogP contribution in [-0.2, 0) is 20.8 Å². The molecular formula is C18H24N4O6. The largest absolute Gasteiger partial charge is 0.442 e. The number of aromatic nitrogens is 2. The van der Waals surface area contributed by atoms with E-state index in [4.69, 9.17) is 13.9 Å². The monoisotopic (exact) mass is 392 g/mol. The lowest BCUT2D eigenvalue weighted by atomic mass is 10.1. The van der Waals surface area contributed by atoms with Gasteiger partial charge in [-0.15, -0.1) is 0 Å². The fraction of sp³-hybridized carbons (Fsp3) is 0.556. The van der Waals surface area contributed by atoms with Crippen LogP contribution in [0.4, 0.5) is 0 Å². The Morgan fingerprint density at radius 2 is 2.07 bits per heavy atom. The lowest BCUT2D eigenvalue weighted by Gasteiger charge is -2.26. The number of nitrogens with zero attached hydrogens (tertiary/aromatic N) is 3. The summed E-state index contributed by atoms with van der Waals surface area (Å²) in [6.07, 6.45) is 2.03. The fourth-order valence-electron chi connectivity index (χ4n) is 3.12. The fourth-order valence-corrected chi connectivity index (χ4v) is 3.12. The topological polar surface area (TPSA) is 116 Å². The lowest BCUT2D eigenvalue weighted by molar-refractivity contribution is -0.134. The van der Waals surface area contributed by atoms with Crippen molar-refractivity contribution in [1.29, 1.82) is 0 Å². The zero-order valence-corrected chi connectivity index (χ0v) is 16.0. The van der Waals surface area contributed by atoms with E-state index in [1.165, 1.54) is 10.9 Å². The highest BCUT2D eigenvalue weighted by atomic mass is 16.5. The van der Waals surface area contributed by atoms with E-state index in [1.54, 1.807) is 18.9 Å². The number of hydrogen-bond acceptors (Lipinski definition) is 7. The van der Waals surface area contributed by atoms with Crippen molar-refractivity contribution < 1.29 is 23.5 Å². The predicted molar refractivity (Wildman–Crippen MR) is 99.2 cm³/mol. The molecule has 0 spiro atoms. The first-order valence-electron chi connectivity index (χ1n) is 9.14. The SMILES string of the molecule is COCCCn1cnc2oc(C)c(C(=O)NCC(=O)N3CCOCC3)c2c1=O. The van der Waals surface area contributed by atoms with Gasteiger partial charge in [0.15, 0.2) is 0 Å². The highest BCUT2D eigenvalue weighted by molar-refractivity contribution is 6.07. The van der Waals surface area contributed by atoms with E-state index >= 15 is 0 Å². The summed E-state index contributed by atoms with van der Waals surface area (Å²) in [6.45, 7) is 4.32. The van der Waals surface area contributed by atoms with Crippen molar-refractivity contribution in [2.45, 2.75) is 19.9 Å². The summed E-state index contributed by atoms with van der Waals surface area (Å²) >= 11 is 0. The van der Waals surface area contributed by atoms with Gasteiger partial charge in [0, 0.05) is 33.4 Å². The molecule has 10 heteroatoms. The number of aryl methyl sites for hydroxylation is 2. The molecule has 0 radical (unpaired) electrons. The van der Waals surface area contributed by atoms with Gasteiger partial charge in [-0.1, -0.05) is 0 Å². The van der Waals surface area contributed by atoms with Crippen LogP contribution >= 0.6 is 0 Å². The smallest absolute Gasteiger partial charge is 0.265 e. The number of rotatable bonds is 7. The number of ether oxygens (including phenoxy) is 2. The van der Waals surface area contributed by atoms with Gasteiger partial charge in [0.05, 0.1) is 25.3 Å². The van der Waals surface area contributed by atoms with Crippen LogP contribution in [0.5, 0.6) is 0 Å². The van der Waals surface area contributed by atoms with Crippen LogP contribution in [0.25, 0.3) is 11.1 Å². The number of hydrogen-bond donors (Lipinski definition) is 1. The number of furan rings is 1. The second-order valence-electron chi connectivity index (χ2n) is 6.48. The van der Waals surface area contributed by atoms with Crippen molar-refractivity contribution in [3.63, 3.8) is 0 Å². The molecule has 28 heavy (non-hydrogen) atoms. The van der Waals surface area contributed by atoms with E-state index in [9.17, 15) is 14.4 Å². The molecular weight excluding hydrogens is 368 g/mol. The van der Waals surface area contributed by atoms with Crippen LogP contribution in [0.3, 0.4) is 0 Å². The Balaban J connectivity index is 1.78. The first-order chi connectivity index (χ1) is 13.5. The van der Waals surface area contributed by atoms with E-state index in [1.807, 2.05) is 0 Å². The van der Waals surface area contributed by atoms with Crippen LogP contribution in [0, 0.1) is 6.92 Å². The van der Waals surface area contributed by atoms with E-state index in [2.05, 4.69) is 10.3 Å². The molecule has 152 valence electrons. The number of carbonyl (C=O) groups excluding carboxylic acids is 2. The second kappa shape index (κ2) is 8.98. The molecule has 2 aromatic heterocycles.